The number of rotatable bonds is 8. The summed E-state index contributed by atoms with van der Waals surface area (Å²) in [6.07, 6.45) is 2.03. The van der Waals surface area contributed by atoms with Gasteiger partial charge in [-0.2, -0.15) is 13.2 Å². The summed E-state index contributed by atoms with van der Waals surface area (Å²) in [4.78, 5) is 15.2. The van der Waals surface area contributed by atoms with Crippen LogP contribution in [0, 0.1) is 5.41 Å². The molecule has 0 amide bonds. The summed E-state index contributed by atoms with van der Waals surface area (Å²) in [5.74, 6) is 0. The van der Waals surface area contributed by atoms with Crippen molar-refractivity contribution in [1.29, 1.82) is 5.41 Å². The van der Waals surface area contributed by atoms with Crippen molar-refractivity contribution in [1.82, 2.24) is 9.47 Å². The van der Waals surface area contributed by atoms with Crippen molar-refractivity contribution in [3.05, 3.63) is 82.3 Å². The Morgan fingerprint density at radius 3 is 2.35 bits per heavy atom. The zero-order valence-corrected chi connectivity index (χ0v) is 18.7. The van der Waals surface area contributed by atoms with Gasteiger partial charge in [-0.25, -0.2) is 0 Å². The van der Waals surface area contributed by atoms with E-state index >= 15 is 0 Å². The van der Waals surface area contributed by atoms with Crippen LogP contribution < -0.4 is 10.9 Å². The Morgan fingerprint density at radius 2 is 1.71 bits per heavy atom. The van der Waals surface area contributed by atoms with E-state index in [1.54, 1.807) is 18.3 Å². The molecule has 1 saturated heterocycles. The van der Waals surface area contributed by atoms with Gasteiger partial charge in [0.1, 0.15) is 0 Å². The highest BCUT2D eigenvalue weighted by Gasteiger charge is 2.30. The Kier molecular flexibility index (Phi) is 7.17. The van der Waals surface area contributed by atoms with Crippen LogP contribution in [-0.2, 0) is 6.18 Å². The maximum atomic E-state index is 12.8. The van der Waals surface area contributed by atoms with E-state index in [0.717, 1.165) is 37.3 Å². The van der Waals surface area contributed by atoms with Gasteiger partial charge in [-0.15, -0.1) is 0 Å². The number of hydrogen-bond donors (Lipinski definition) is 2. The normalized spacial score (nSPS) is 14.3. The molecule has 2 N–H and O–H groups in total. The molecular weight excluding hydrogens is 441 g/mol. The molecule has 0 atom stereocenters. The molecule has 2 heterocycles. The third kappa shape index (κ3) is 5.56. The molecule has 0 aliphatic carbocycles. The van der Waals surface area contributed by atoms with Crippen LogP contribution in [0.2, 0.25) is 0 Å². The number of aromatic nitrogens is 1. The van der Waals surface area contributed by atoms with E-state index < -0.39 is 11.7 Å². The number of anilines is 1. The number of likely N-dealkylation sites (tertiary alicyclic amines) is 1. The van der Waals surface area contributed by atoms with E-state index in [2.05, 4.69) is 10.2 Å². The summed E-state index contributed by atoms with van der Waals surface area (Å²) in [6, 6.07) is 13.3. The number of pyridine rings is 1. The lowest BCUT2D eigenvalue weighted by atomic mass is 10.0. The monoisotopic (exact) mass is 468 g/mol. The Bertz CT molecular complexity index is 1200. The molecule has 0 bridgehead atoms. The second-order valence-corrected chi connectivity index (χ2v) is 8.44. The van der Waals surface area contributed by atoms with Crippen LogP contribution in [-0.4, -0.2) is 41.9 Å². The summed E-state index contributed by atoms with van der Waals surface area (Å²) < 4.78 is 39.8. The molecule has 0 spiro atoms. The molecule has 0 radical (unpaired) electrons. The third-order valence-electron chi connectivity index (χ3n) is 6.10. The van der Waals surface area contributed by atoms with Gasteiger partial charge in [0.2, 0.25) is 0 Å². The number of nitrogens with one attached hydrogen (secondary N) is 2. The van der Waals surface area contributed by atoms with Crippen LogP contribution in [0.4, 0.5) is 18.9 Å². The highest BCUT2D eigenvalue weighted by atomic mass is 19.4. The first-order valence-electron chi connectivity index (χ1n) is 11.4. The van der Waals surface area contributed by atoms with Gasteiger partial charge >= 0.3 is 6.18 Å². The maximum Gasteiger partial charge on any atom is 0.416 e. The van der Waals surface area contributed by atoms with Crippen LogP contribution in [0.5, 0.6) is 0 Å². The molecule has 1 fully saturated rings. The minimum absolute atomic E-state index is 0.306. The smallest absolute Gasteiger partial charge is 0.384 e. The van der Waals surface area contributed by atoms with Crippen molar-refractivity contribution in [3.63, 3.8) is 0 Å². The van der Waals surface area contributed by atoms with Crippen LogP contribution in [0.15, 0.2) is 65.6 Å². The van der Waals surface area contributed by atoms with Gasteiger partial charge in [0.15, 0.2) is 0 Å². The minimum Gasteiger partial charge on any atom is -0.384 e. The summed E-state index contributed by atoms with van der Waals surface area (Å²) >= 11 is 0. The van der Waals surface area contributed by atoms with Gasteiger partial charge in [-0.1, -0.05) is 12.1 Å². The molecule has 34 heavy (non-hydrogen) atoms. The van der Waals surface area contributed by atoms with E-state index in [9.17, 15) is 18.0 Å². The second kappa shape index (κ2) is 10.3. The lowest BCUT2D eigenvalue weighted by Gasteiger charge is -2.16. The van der Waals surface area contributed by atoms with E-state index in [1.165, 1.54) is 54.9 Å². The SMILES string of the molecule is N=Cc1cc(-n2ccc(-c3ccc(C(F)(F)F)cc3)cc2=O)ccc1NCCCN1CCCC1. The molecule has 4 rings (SSSR count). The molecule has 3 aromatic rings. The van der Waals surface area contributed by atoms with Crippen molar-refractivity contribution >= 4 is 11.9 Å². The Morgan fingerprint density at radius 1 is 0.971 bits per heavy atom. The number of hydrogen-bond acceptors (Lipinski definition) is 4. The summed E-state index contributed by atoms with van der Waals surface area (Å²) in [6.45, 7) is 4.21. The van der Waals surface area contributed by atoms with Gasteiger partial charge in [-0.3, -0.25) is 9.36 Å². The largest absolute Gasteiger partial charge is 0.416 e. The number of halogens is 3. The zero-order chi connectivity index (χ0) is 24.1. The lowest BCUT2D eigenvalue weighted by Crippen LogP contribution is -2.22. The average Bonchev–Trinajstić information content (AvgIpc) is 3.35. The number of alkyl halides is 3. The fourth-order valence-electron chi connectivity index (χ4n) is 4.24. The standard InChI is InChI=1S/C26H27F3N4O/c27-26(28,29)22-6-4-19(5-7-22)20-10-15-33(25(34)17-20)23-8-9-24(21(16-23)18-30)31-11-3-14-32-12-1-2-13-32/h4-10,15-18,30-31H,1-3,11-14H2. The zero-order valence-electron chi connectivity index (χ0n) is 18.7. The molecule has 1 aromatic heterocycles. The topological polar surface area (TPSA) is 61.1 Å². The first-order valence-corrected chi connectivity index (χ1v) is 11.4. The second-order valence-electron chi connectivity index (χ2n) is 8.44. The molecule has 0 saturated carbocycles. The van der Waals surface area contributed by atoms with Crippen molar-refractivity contribution in [2.45, 2.75) is 25.4 Å². The molecule has 1 aliphatic rings. The molecule has 2 aromatic carbocycles. The highest BCUT2D eigenvalue weighted by molar-refractivity contribution is 5.86. The first-order chi connectivity index (χ1) is 16.3. The quantitative estimate of drug-likeness (QED) is 0.343. The predicted molar refractivity (Wildman–Crippen MR) is 129 cm³/mol. The van der Waals surface area contributed by atoms with Crippen molar-refractivity contribution in [3.8, 4) is 16.8 Å². The van der Waals surface area contributed by atoms with E-state index in [1.807, 2.05) is 12.1 Å². The van der Waals surface area contributed by atoms with Crippen LogP contribution in [0.25, 0.3) is 16.8 Å². The molecule has 8 heteroatoms. The molecule has 0 unspecified atom stereocenters. The predicted octanol–water partition coefficient (Wildman–Crippen LogP) is 5.42. The molecule has 178 valence electrons. The van der Waals surface area contributed by atoms with Crippen molar-refractivity contribution in [2.75, 3.05) is 31.5 Å². The third-order valence-corrected chi connectivity index (χ3v) is 6.10. The fourth-order valence-corrected chi connectivity index (χ4v) is 4.24. The van der Waals surface area contributed by atoms with Crippen molar-refractivity contribution in [2.24, 2.45) is 0 Å². The minimum atomic E-state index is -4.40. The van der Waals surface area contributed by atoms with Gasteiger partial charge in [-0.05, 0) is 86.4 Å². The Labute approximate surface area is 196 Å². The molecular formula is C26H27F3N4O. The van der Waals surface area contributed by atoms with Crippen LogP contribution >= 0.6 is 0 Å². The summed E-state index contributed by atoms with van der Waals surface area (Å²) in [5.41, 5.74) is 2.18. The summed E-state index contributed by atoms with van der Waals surface area (Å²) in [5, 5.41) is 11.2. The Hall–Kier alpha value is -3.39. The van der Waals surface area contributed by atoms with Gasteiger partial charge in [0, 0.05) is 42.0 Å². The number of benzene rings is 2. The van der Waals surface area contributed by atoms with E-state index in [-0.39, 0.29) is 5.56 Å². The maximum absolute atomic E-state index is 12.8. The molecule has 1 aliphatic heterocycles. The van der Waals surface area contributed by atoms with Gasteiger partial charge in [0.25, 0.3) is 5.56 Å². The van der Waals surface area contributed by atoms with Gasteiger partial charge in [0.05, 0.1) is 5.56 Å². The molecule has 5 nitrogen and oxygen atoms in total. The van der Waals surface area contributed by atoms with E-state index in [0.29, 0.717) is 22.4 Å². The van der Waals surface area contributed by atoms with Crippen molar-refractivity contribution < 1.29 is 13.2 Å². The lowest BCUT2D eigenvalue weighted by molar-refractivity contribution is -0.137. The fraction of sp³-hybridized carbons (Fsp3) is 0.308. The number of nitrogens with zero attached hydrogens (tertiary/aromatic N) is 2. The van der Waals surface area contributed by atoms with Crippen LogP contribution in [0.1, 0.15) is 30.4 Å². The first kappa shape index (κ1) is 23.8. The van der Waals surface area contributed by atoms with Gasteiger partial charge < -0.3 is 15.6 Å². The highest BCUT2D eigenvalue weighted by Crippen LogP contribution is 2.30. The Balaban J connectivity index is 1.47. The van der Waals surface area contributed by atoms with Crippen LogP contribution in [0.3, 0.4) is 0 Å². The van der Waals surface area contributed by atoms with E-state index in [4.69, 9.17) is 5.41 Å². The summed E-state index contributed by atoms with van der Waals surface area (Å²) in [7, 11) is 0. The average molecular weight is 469 g/mol.